The van der Waals surface area contributed by atoms with Crippen molar-refractivity contribution < 1.29 is 13.0 Å². The number of nitrogens with zero attached hydrogens (tertiary/aromatic N) is 1. The van der Waals surface area contributed by atoms with Crippen molar-refractivity contribution in [1.82, 2.24) is 4.98 Å². The fraction of sp³-hybridized carbons (Fsp3) is 0. The van der Waals surface area contributed by atoms with E-state index in [2.05, 4.69) is 4.98 Å². The second kappa shape index (κ2) is 4.41. The van der Waals surface area contributed by atoms with Crippen LogP contribution in [0.25, 0.3) is 20.8 Å². The van der Waals surface area contributed by atoms with Gasteiger partial charge in [0.15, 0.2) is 0 Å². The first-order valence-corrected chi connectivity index (χ1v) is 7.73. The molecule has 6 heteroatoms. The Kier molecular flexibility index (Phi) is 2.85. The van der Waals surface area contributed by atoms with Crippen LogP contribution >= 0.6 is 11.3 Å². The molecule has 4 nitrogen and oxygen atoms in total. The molecular formula is C13H9NO3S2. The van der Waals surface area contributed by atoms with E-state index in [4.69, 9.17) is 4.55 Å². The molecule has 2 aromatic carbocycles. The van der Waals surface area contributed by atoms with Gasteiger partial charge in [0.2, 0.25) is 0 Å². The van der Waals surface area contributed by atoms with Crippen molar-refractivity contribution >= 4 is 31.7 Å². The van der Waals surface area contributed by atoms with Gasteiger partial charge in [-0.3, -0.25) is 4.55 Å². The highest BCUT2D eigenvalue weighted by Crippen LogP contribution is 2.31. The zero-order chi connectivity index (χ0) is 13.5. The number of rotatable bonds is 2. The maximum absolute atomic E-state index is 11.1. The Morgan fingerprint density at radius 2 is 1.79 bits per heavy atom. The number of thiazole rings is 1. The van der Waals surface area contributed by atoms with Crippen molar-refractivity contribution in [2.45, 2.75) is 4.90 Å². The van der Waals surface area contributed by atoms with E-state index in [1.54, 1.807) is 6.07 Å². The Bertz CT molecular complexity index is 839. The van der Waals surface area contributed by atoms with Crippen molar-refractivity contribution in [2.24, 2.45) is 0 Å². The van der Waals surface area contributed by atoms with Crippen LogP contribution in [0.4, 0.5) is 0 Å². The summed E-state index contributed by atoms with van der Waals surface area (Å²) in [4.78, 5) is 4.27. The van der Waals surface area contributed by atoms with Crippen LogP contribution in [0.1, 0.15) is 0 Å². The fourth-order valence-electron chi connectivity index (χ4n) is 1.77. The van der Waals surface area contributed by atoms with E-state index in [0.29, 0.717) is 5.52 Å². The first kappa shape index (κ1) is 12.3. The van der Waals surface area contributed by atoms with Crippen molar-refractivity contribution in [2.75, 3.05) is 0 Å². The summed E-state index contributed by atoms with van der Waals surface area (Å²) in [5, 5.41) is 0.822. The average molecular weight is 291 g/mol. The molecular weight excluding hydrogens is 282 g/mol. The average Bonchev–Trinajstić information content (AvgIpc) is 2.81. The molecule has 0 atom stereocenters. The van der Waals surface area contributed by atoms with Gasteiger partial charge in [0.1, 0.15) is 5.01 Å². The normalized spacial score (nSPS) is 11.8. The third kappa shape index (κ3) is 2.37. The molecule has 1 heterocycles. The maximum Gasteiger partial charge on any atom is 0.294 e. The quantitative estimate of drug-likeness (QED) is 0.736. The van der Waals surface area contributed by atoms with Crippen molar-refractivity contribution in [3.63, 3.8) is 0 Å². The summed E-state index contributed by atoms with van der Waals surface area (Å²) in [5.74, 6) is 0. The van der Waals surface area contributed by atoms with Crippen LogP contribution in [0, 0.1) is 0 Å². The minimum Gasteiger partial charge on any atom is -0.282 e. The Morgan fingerprint density at radius 1 is 1.05 bits per heavy atom. The van der Waals surface area contributed by atoms with Gasteiger partial charge in [0, 0.05) is 5.56 Å². The molecule has 3 aromatic rings. The van der Waals surface area contributed by atoms with E-state index < -0.39 is 10.1 Å². The van der Waals surface area contributed by atoms with Crippen LogP contribution in [0.3, 0.4) is 0 Å². The zero-order valence-electron chi connectivity index (χ0n) is 9.65. The van der Waals surface area contributed by atoms with Gasteiger partial charge < -0.3 is 0 Å². The van der Waals surface area contributed by atoms with Gasteiger partial charge >= 0.3 is 0 Å². The van der Waals surface area contributed by atoms with Crippen LogP contribution in [0.15, 0.2) is 53.4 Å². The lowest BCUT2D eigenvalue weighted by molar-refractivity contribution is 0.483. The standard InChI is InChI=1S/C13H9NO3S2/c15-19(16,17)10-6-7-12-11(8-10)14-13(18-12)9-4-2-1-3-5-9/h1-8H,(H,15,16,17). The molecule has 0 spiro atoms. The first-order chi connectivity index (χ1) is 9.04. The minimum atomic E-state index is -4.19. The van der Waals surface area contributed by atoms with Crippen molar-refractivity contribution in [3.05, 3.63) is 48.5 Å². The summed E-state index contributed by atoms with van der Waals surface area (Å²) in [7, 11) is -4.19. The molecule has 0 aliphatic heterocycles. The molecule has 96 valence electrons. The molecule has 0 aliphatic rings. The summed E-state index contributed by atoms with van der Waals surface area (Å²) in [6.07, 6.45) is 0. The highest BCUT2D eigenvalue weighted by atomic mass is 32.2. The van der Waals surface area contributed by atoms with Gasteiger partial charge in [-0.15, -0.1) is 11.3 Å². The monoisotopic (exact) mass is 291 g/mol. The highest BCUT2D eigenvalue weighted by Gasteiger charge is 2.12. The number of benzene rings is 2. The summed E-state index contributed by atoms with van der Waals surface area (Å²) < 4.78 is 32.1. The Hall–Kier alpha value is -1.76. The summed E-state index contributed by atoms with van der Waals surface area (Å²) in [5.41, 5.74) is 1.55. The van der Waals surface area contributed by atoms with Crippen LogP contribution in [-0.2, 0) is 10.1 Å². The van der Waals surface area contributed by atoms with Gasteiger partial charge in [-0.2, -0.15) is 8.42 Å². The lowest BCUT2D eigenvalue weighted by atomic mass is 10.2. The van der Waals surface area contributed by atoms with Gasteiger partial charge in [-0.05, 0) is 18.2 Å². The van der Waals surface area contributed by atoms with E-state index in [-0.39, 0.29) is 4.90 Å². The summed E-state index contributed by atoms with van der Waals surface area (Å²) >= 11 is 1.48. The SMILES string of the molecule is O=S(=O)(O)c1ccc2sc(-c3ccccc3)nc2c1. The largest absolute Gasteiger partial charge is 0.294 e. The molecule has 0 amide bonds. The molecule has 1 N–H and O–H groups in total. The van der Waals surface area contributed by atoms with E-state index in [0.717, 1.165) is 15.3 Å². The van der Waals surface area contributed by atoms with E-state index >= 15 is 0 Å². The second-order valence-electron chi connectivity index (χ2n) is 3.99. The maximum atomic E-state index is 11.1. The Morgan fingerprint density at radius 3 is 2.47 bits per heavy atom. The molecule has 0 bridgehead atoms. The van der Waals surface area contributed by atoms with Crippen molar-refractivity contribution in [3.8, 4) is 10.6 Å². The molecule has 0 aliphatic carbocycles. The van der Waals surface area contributed by atoms with Crippen LogP contribution in [0.2, 0.25) is 0 Å². The van der Waals surface area contributed by atoms with Gasteiger partial charge in [-0.1, -0.05) is 30.3 Å². The zero-order valence-corrected chi connectivity index (χ0v) is 11.3. The predicted octanol–water partition coefficient (Wildman–Crippen LogP) is 3.21. The van der Waals surface area contributed by atoms with Gasteiger partial charge in [0.25, 0.3) is 10.1 Å². The number of hydrogen-bond acceptors (Lipinski definition) is 4. The topological polar surface area (TPSA) is 67.3 Å². The third-order valence-electron chi connectivity index (χ3n) is 2.68. The number of aromatic nitrogens is 1. The highest BCUT2D eigenvalue weighted by molar-refractivity contribution is 7.85. The molecule has 3 rings (SSSR count). The molecule has 0 saturated heterocycles. The van der Waals surface area contributed by atoms with Crippen LogP contribution < -0.4 is 0 Å². The lowest BCUT2D eigenvalue weighted by Crippen LogP contribution is -1.96. The van der Waals surface area contributed by atoms with Gasteiger partial charge in [0.05, 0.1) is 15.1 Å². The first-order valence-electron chi connectivity index (χ1n) is 5.47. The lowest BCUT2D eigenvalue weighted by Gasteiger charge is -1.94. The summed E-state index contributed by atoms with van der Waals surface area (Å²) in [6.45, 7) is 0. The number of fused-ring (bicyclic) bond motifs is 1. The second-order valence-corrected chi connectivity index (χ2v) is 6.44. The van der Waals surface area contributed by atoms with E-state index in [9.17, 15) is 8.42 Å². The third-order valence-corrected chi connectivity index (χ3v) is 4.61. The van der Waals surface area contributed by atoms with E-state index in [1.807, 2.05) is 30.3 Å². The Balaban J connectivity index is 2.17. The molecule has 0 radical (unpaired) electrons. The molecule has 0 unspecified atom stereocenters. The molecule has 1 aromatic heterocycles. The predicted molar refractivity (Wildman–Crippen MR) is 74.9 cm³/mol. The molecule has 19 heavy (non-hydrogen) atoms. The fourth-order valence-corrected chi connectivity index (χ4v) is 3.22. The van der Waals surface area contributed by atoms with Crippen LogP contribution in [-0.4, -0.2) is 18.0 Å². The molecule has 0 fully saturated rings. The minimum absolute atomic E-state index is 0.134. The summed E-state index contributed by atoms with van der Waals surface area (Å²) in [6, 6.07) is 14.1. The van der Waals surface area contributed by atoms with Gasteiger partial charge in [-0.25, -0.2) is 4.98 Å². The smallest absolute Gasteiger partial charge is 0.282 e. The number of hydrogen-bond donors (Lipinski definition) is 1. The Labute approximate surface area is 114 Å². The van der Waals surface area contributed by atoms with E-state index in [1.165, 1.54) is 23.5 Å². The molecule has 0 saturated carbocycles. The van der Waals surface area contributed by atoms with Crippen LogP contribution in [0.5, 0.6) is 0 Å². The van der Waals surface area contributed by atoms with Crippen molar-refractivity contribution in [1.29, 1.82) is 0 Å².